The van der Waals surface area contributed by atoms with Crippen molar-refractivity contribution in [3.63, 3.8) is 0 Å². The summed E-state index contributed by atoms with van der Waals surface area (Å²) in [5.41, 5.74) is 5.58. The molecule has 4 rings (SSSR count). The fraction of sp³-hybridized carbons (Fsp3) is 0. The third kappa shape index (κ3) is 1.21. The average Bonchev–Trinajstić information content (AvgIpc) is 3.06. The van der Waals surface area contributed by atoms with E-state index in [4.69, 9.17) is 0 Å². The van der Waals surface area contributed by atoms with E-state index < -0.39 is 0 Å². The molecule has 0 aliphatic carbocycles. The van der Waals surface area contributed by atoms with Crippen molar-refractivity contribution in [3.8, 4) is 11.1 Å². The van der Waals surface area contributed by atoms with Crippen LogP contribution in [0.3, 0.4) is 0 Å². The van der Waals surface area contributed by atoms with E-state index in [2.05, 4.69) is 51.4 Å². The zero-order valence-corrected chi connectivity index (χ0v) is 9.64. The van der Waals surface area contributed by atoms with E-state index >= 15 is 0 Å². The van der Waals surface area contributed by atoms with E-state index in [9.17, 15) is 0 Å². The van der Waals surface area contributed by atoms with Crippen LogP contribution in [0.2, 0.25) is 0 Å². The molecular formula is C15H11N3. The summed E-state index contributed by atoms with van der Waals surface area (Å²) >= 11 is 0. The molecule has 86 valence electrons. The van der Waals surface area contributed by atoms with Crippen LogP contribution in [0.5, 0.6) is 0 Å². The third-order valence-electron chi connectivity index (χ3n) is 3.33. The predicted molar refractivity (Wildman–Crippen MR) is 73.4 cm³/mol. The first-order valence-corrected chi connectivity index (χ1v) is 5.92. The molecule has 0 bridgehead atoms. The second kappa shape index (κ2) is 3.47. The van der Waals surface area contributed by atoms with Crippen molar-refractivity contribution in [2.24, 2.45) is 0 Å². The average molecular weight is 233 g/mol. The lowest BCUT2D eigenvalue weighted by molar-refractivity contribution is 1.34. The Balaban J connectivity index is 2.13. The summed E-state index contributed by atoms with van der Waals surface area (Å²) in [6.07, 6.45) is 3.71. The van der Waals surface area contributed by atoms with E-state index in [1.54, 1.807) is 6.33 Å². The number of nitrogens with zero attached hydrogens (tertiary/aromatic N) is 1. The van der Waals surface area contributed by atoms with E-state index in [0.717, 1.165) is 22.1 Å². The van der Waals surface area contributed by atoms with Gasteiger partial charge < -0.3 is 9.97 Å². The quantitative estimate of drug-likeness (QED) is 0.517. The van der Waals surface area contributed by atoms with Crippen LogP contribution in [0.15, 0.2) is 55.0 Å². The van der Waals surface area contributed by atoms with Crippen LogP contribution >= 0.6 is 0 Å². The molecule has 0 atom stereocenters. The second-order valence-electron chi connectivity index (χ2n) is 4.35. The van der Waals surface area contributed by atoms with Crippen molar-refractivity contribution < 1.29 is 0 Å². The molecule has 18 heavy (non-hydrogen) atoms. The standard InChI is InChI=1S/C15H11N3/c1-3-10-7-8-16-14(10)11(4-1)12-5-2-6-13-15(12)18-9-17-13/h1-9,16H,(H,17,18). The number of fused-ring (bicyclic) bond motifs is 2. The minimum atomic E-state index is 1.01. The molecule has 2 aromatic heterocycles. The van der Waals surface area contributed by atoms with Gasteiger partial charge in [-0.1, -0.05) is 30.3 Å². The van der Waals surface area contributed by atoms with Gasteiger partial charge in [0.05, 0.1) is 22.9 Å². The zero-order valence-electron chi connectivity index (χ0n) is 9.64. The summed E-state index contributed by atoms with van der Waals surface area (Å²) in [6, 6.07) is 14.6. The summed E-state index contributed by atoms with van der Waals surface area (Å²) in [7, 11) is 0. The summed E-state index contributed by atoms with van der Waals surface area (Å²) < 4.78 is 0. The van der Waals surface area contributed by atoms with Crippen molar-refractivity contribution in [2.75, 3.05) is 0 Å². The maximum Gasteiger partial charge on any atom is 0.0961 e. The van der Waals surface area contributed by atoms with Crippen LogP contribution in [-0.2, 0) is 0 Å². The molecule has 0 aliphatic heterocycles. The molecule has 4 aromatic rings. The van der Waals surface area contributed by atoms with Crippen molar-refractivity contribution >= 4 is 21.9 Å². The first kappa shape index (κ1) is 9.48. The number of aromatic amines is 2. The molecule has 0 aliphatic rings. The van der Waals surface area contributed by atoms with Crippen LogP contribution in [0, 0.1) is 0 Å². The number of imidazole rings is 1. The fourth-order valence-electron chi connectivity index (χ4n) is 2.49. The predicted octanol–water partition coefficient (Wildman–Crippen LogP) is 3.71. The molecule has 3 nitrogen and oxygen atoms in total. The van der Waals surface area contributed by atoms with Crippen LogP contribution in [0.25, 0.3) is 33.1 Å². The van der Waals surface area contributed by atoms with Crippen molar-refractivity contribution in [2.45, 2.75) is 0 Å². The Morgan fingerprint density at radius 2 is 1.72 bits per heavy atom. The molecule has 2 N–H and O–H groups in total. The highest BCUT2D eigenvalue weighted by molar-refractivity contribution is 6.01. The van der Waals surface area contributed by atoms with E-state index in [1.165, 1.54) is 10.9 Å². The van der Waals surface area contributed by atoms with Crippen LogP contribution in [-0.4, -0.2) is 15.0 Å². The van der Waals surface area contributed by atoms with Gasteiger partial charge in [0.2, 0.25) is 0 Å². The third-order valence-corrected chi connectivity index (χ3v) is 3.33. The molecule has 0 saturated carbocycles. The summed E-state index contributed by atoms with van der Waals surface area (Å²) in [5, 5.41) is 1.22. The van der Waals surface area contributed by atoms with Gasteiger partial charge in [-0.2, -0.15) is 0 Å². The van der Waals surface area contributed by atoms with Gasteiger partial charge in [0.1, 0.15) is 0 Å². The SMILES string of the molecule is c1cc(-c2cccc3[nH]cnc23)c2[nH]ccc2c1. The monoisotopic (exact) mass is 233 g/mol. The summed E-state index contributed by atoms with van der Waals surface area (Å²) in [4.78, 5) is 10.9. The van der Waals surface area contributed by atoms with Crippen LogP contribution in [0.1, 0.15) is 0 Å². The normalized spacial score (nSPS) is 11.3. The molecule has 0 spiro atoms. The molecule has 3 heteroatoms. The van der Waals surface area contributed by atoms with Gasteiger partial charge >= 0.3 is 0 Å². The van der Waals surface area contributed by atoms with Crippen molar-refractivity contribution in [3.05, 3.63) is 55.0 Å². The largest absolute Gasteiger partial charge is 0.361 e. The number of H-pyrrole nitrogens is 2. The smallest absolute Gasteiger partial charge is 0.0961 e. The van der Waals surface area contributed by atoms with Gasteiger partial charge in [-0.25, -0.2) is 4.98 Å². The first-order chi connectivity index (χ1) is 8.93. The molecular weight excluding hydrogens is 222 g/mol. The number of rotatable bonds is 1. The van der Waals surface area contributed by atoms with Crippen molar-refractivity contribution in [1.82, 2.24) is 15.0 Å². The Labute approximate surface area is 103 Å². The lowest BCUT2D eigenvalue weighted by atomic mass is 10.0. The number of hydrogen-bond donors (Lipinski definition) is 2. The molecule has 2 aromatic carbocycles. The highest BCUT2D eigenvalue weighted by Crippen LogP contribution is 2.31. The van der Waals surface area contributed by atoms with Gasteiger partial charge in [-0.15, -0.1) is 0 Å². The number of hydrogen-bond acceptors (Lipinski definition) is 1. The van der Waals surface area contributed by atoms with Gasteiger partial charge in [-0.3, -0.25) is 0 Å². The van der Waals surface area contributed by atoms with Gasteiger partial charge in [0.25, 0.3) is 0 Å². The fourth-order valence-corrected chi connectivity index (χ4v) is 2.49. The Morgan fingerprint density at radius 3 is 2.72 bits per heavy atom. The zero-order chi connectivity index (χ0) is 11.9. The minimum Gasteiger partial charge on any atom is -0.361 e. The molecule has 0 radical (unpaired) electrons. The Morgan fingerprint density at radius 1 is 0.833 bits per heavy atom. The first-order valence-electron chi connectivity index (χ1n) is 5.92. The molecule has 0 unspecified atom stereocenters. The second-order valence-corrected chi connectivity index (χ2v) is 4.35. The Kier molecular flexibility index (Phi) is 1.83. The van der Waals surface area contributed by atoms with Gasteiger partial charge in [0, 0.05) is 17.3 Å². The molecule has 0 amide bonds. The molecule has 0 fully saturated rings. The van der Waals surface area contributed by atoms with Gasteiger partial charge in [0.15, 0.2) is 0 Å². The number of benzene rings is 2. The maximum absolute atomic E-state index is 4.42. The number of aromatic nitrogens is 3. The Hall–Kier alpha value is -2.55. The molecule has 0 saturated heterocycles. The summed E-state index contributed by atoms with van der Waals surface area (Å²) in [5.74, 6) is 0. The van der Waals surface area contributed by atoms with E-state index in [0.29, 0.717) is 0 Å². The Bertz CT molecular complexity index is 767. The lowest BCUT2D eigenvalue weighted by Crippen LogP contribution is -1.82. The maximum atomic E-state index is 4.42. The van der Waals surface area contributed by atoms with Gasteiger partial charge in [-0.05, 0) is 17.5 Å². The lowest BCUT2D eigenvalue weighted by Gasteiger charge is -2.04. The number of para-hydroxylation sites is 2. The molecule has 2 heterocycles. The van der Waals surface area contributed by atoms with Crippen LogP contribution in [0.4, 0.5) is 0 Å². The van der Waals surface area contributed by atoms with E-state index in [-0.39, 0.29) is 0 Å². The van der Waals surface area contributed by atoms with Crippen LogP contribution < -0.4 is 0 Å². The van der Waals surface area contributed by atoms with Crippen molar-refractivity contribution in [1.29, 1.82) is 0 Å². The summed E-state index contributed by atoms with van der Waals surface area (Å²) in [6.45, 7) is 0. The number of nitrogens with one attached hydrogen (secondary N) is 2. The topological polar surface area (TPSA) is 44.5 Å². The highest BCUT2D eigenvalue weighted by atomic mass is 14.9. The van der Waals surface area contributed by atoms with E-state index in [1.807, 2.05) is 12.3 Å². The minimum absolute atomic E-state index is 1.01. The highest BCUT2D eigenvalue weighted by Gasteiger charge is 2.09.